The van der Waals surface area contributed by atoms with Crippen LogP contribution < -0.4 is 10.2 Å². The molecule has 1 aliphatic heterocycles. The number of anilines is 1. The first-order valence-electron chi connectivity index (χ1n) is 6.39. The maximum atomic E-state index is 11.9. The minimum Gasteiger partial charge on any atom is -0.374 e. The summed E-state index contributed by atoms with van der Waals surface area (Å²) in [5.74, 6) is 0.00705. The average molecular weight is 272 g/mol. The molecule has 0 bridgehead atoms. The molecule has 0 atom stereocenters. The van der Waals surface area contributed by atoms with Crippen LogP contribution in [0.1, 0.15) is 20.8 Å². The van der Waals surface area contributed by atoms with Crippen LogP contribution in [0.4, 0.5) is 5.69 Å². The lowest BCUT2D eigenvalue weighted by Gasteiger charge is -2.12. The van der Waals surface area contributed by atoms with E-state index in [0.717, 1.165) is 17.8 Å². The van der Waals surface area contributed by atoms with Crippen molar-refractivity contribution < 1.29 is 4.79 Å². The van der Waals surface area contributed by atoms with Crippen molar-refractivity contribution >= 4 is 22.9 Å². The molecule has 1 amide bonds. The molecule has 2 aromatic rings. The van der Waals surface area contributed by atoms with Gasteiger partial charge in [0.2, 0.25) is 0 Å². The maximum Gasteiger partial charge on any atom is 0.261 e. The van der Waals surface area contributed by atoms with Gasteiger partial charge in [0.15, 0.2) is 0 Å². The number of hydrogen-bond donors (Lipinski definition) is 1. The summed E-state index contributed by atoms with van der Waals surface area (Å²) in [5.41, 5.74) is 3.86. The Kier molecular flexibility index (Phi) is 3.25. The van der Waals surface area contributed by atoms with Gasteiger partial charge in [-0.1, -0.05) is 18.2 Å². The molecule has 0 unspecified atom stereocenters. The Morgan fingerprint density at radius 3 is 3.11 bits per heavy atom. The van der Waals surface area contributed by atoms with Gasteiger partial charge in [-0.15, -0.1) is 11.3 Å². The van der Waals surface area contributed by atoms with Gasteiger partial charge in [-0.2, -0.15) is 0 Å². The SMILES string of the molecule is CN1CCc2cc(CNC(=O)c3cccs3)ccc21. The third-order valence-corrected chi connectivity index (χ3v) is 4.34. The summed E-state index contributed by atoms with van der Waals surface area (Å²) in [7, 11) is 2.12. The molecule has 98 valence electrons. The highest BCUT2D eigenvalue weighted by atomic mass is 32.1. The molecule has 0 saturated heterocycles. The molecule has 0 aliphatic carbocycles. The Labute approximate surface area is 116 Å². The van der Waals surface area contributed by atoms with Crippen LogP contribution in [0.25, 0.3) is 0 Å². The van der Waals surface area contributed by atoms with Gasteiger partial charge < -0.3 is 10.2 Å². The van der Waals surface area contributed by atoms with E-state index in [9.17, 15) is 4.79 Å². The van der Waals surface area contributed by atoms with Crippen LogP contribution in [0.15, 0.2) is 35.7 Å². The van der Waals surface area contributed by atoms with Gasteiger partial charge in [0.05, 0.1) is 4.88 Å². The monoisotopic (exact) mass is 272 g/mol. The standard InChI is InChI=1S/C15H16N2OS/c1-17-7-6-12-9-11(4-5-13(12)17)10-16-15(18)14-3-2-8-19-14/h2-5,8-9H,6-7,10H2,1H3,(H,16,18). The van der Waals surface area contributed by atoms with E-state index in [4.69, 9.17) is 0 Å². The highest BCUT2D eigenvalue weighted by Crippen LogP contribution is 2.27. The second-order valence-corrected chi connectivity index (χ2v) is 5.74. The number of nitrogens with zero attached hydrogens (tertiary/aromatic N) is 1. The summed E-state index contributed by atoms with van der Waals surface area (Å²) >= 11 is 1.47. The lowest BCUT2D eigenvalue weighted by atomic mass is 10.1. The molecule has 19 heavy (non-hydrogen) atoms. The van der Waals surface area contributed by atoms with Gasteiger partial charge in [0, 0.05) is 25.8 Å². The number of nitrogens with one attached hydrogen (secondary N) is 1. The van der Waals surface area contributed by atoms with E-state index in [0.29, 0.717) is 6.54 Å². The zero-order valence-corrected chi connectivity index (χ0v) is 11.7. The van der Waals surface area contributed by atoms with Gasteiger partial charge in [-0.25, -0.2) is 0 Å². The van der Waals surface area contributed by atoms with Crippen molar-refractivity contribution in [1.29, 1.82) is 0 Å². The molecular weight excluding hydrogens is 256 g/mol. The maximum absolute atomic E-state index is 11.9. The third kappa shape index (κ3) is 2.49. The van der Waals surface area contributed by atoms with Crippen molar-refractivity contribution in [2.45, 2.75) is 13.0 Å². The molecule has 4 heteroatoms. The number of carbonyl (C=O) groups is 1. The molecule has 0 spiro atoms. The Bertz CT molecular complexity index is 592. The first kappa shape index (κ1) is 12.2. The fourth-order valence-corrected chi connectivity index (χ4v) is 3.05. The molecule has 0 saturated carbocycles. The lowest BCUT2D eigenvalue weighted by molar-refractivity contribution is 0.0955. The molecule has 1 aromatic heterocycles. The average Bonchev–Trinajstić information content (AvgIpc) is 3.06. The number of carbonyl (C=O) groups excluding carboxylic acids is 1. The van der Waals surface area contributed by atoms with Gasteiger partial charge in [0.25, 0.3) is 5.91 Å². The zero-order chi connectivity index (χ0) is 13.2. The summed E-state index contributed by atoms with van der Waals surface area (Å²) in [6, 6.07) is 10.2. The molecule has 1 N–H and O–H groups in total. The third-order valence-electron chi connectivity index (χ3n) is 3.47. The summed E-state index contributed by atoms with van der Waals surface area (Å²) in [6.07, 6.45) is 1.10. The lowest BCUT2D eigenvalue weighted by Crippen LogP contribution is -2.21. The fourth-order valence-electron chi connectivity index (χ4n) is 2.41. The van der Waals surface area contributed by atoms with E-state index in [1.54, 1.807) is 0 Å². The number of fused-ring (bicyclic) bond motifs is 1. The van der Waals surface area contributed by atoms with Crippen molar-refractivity contribution in [3.63, 3.8) is 0 Å². The Morgan fingerprint density at radius 1 is 1.42 bits per heavy atom. The van der Waals surface area contributed by atoms with Crippen molar-refractivity contribution in [3.05, 3.63) is 51.7 Å². The molecule has 0 radical (unpaired) electrons. The Morgan fingerprint density at radius 2 is 2.32 bits per heavy atom. The van der Waals surface area contributed by atoms with Crippen LogP contribution >= 0.6 is 11.3 Å². The van der Waals surface area contributed by atoms with Crippen LogP contribution in [0, 0.1) is 0 Å². The molecule has 3 nitrogen and oxygen atoms in total. The van der Waals surface area contributed by atoms with Crippen molar-refractivity contribution in [3.8, 4) is 0 Å². The van der Waals surface area contributed by atoms with E-state index in [1.165, 1.54) is 28.2 Å². The summed E-state index contributed by atoms with van der Waals surface area (Å²) in [4.78, 5) is 14.9. The summed E-state index contributed by atoms with van der Waals surface area (Å²) in [6.45, 7) is 1.67. The first-order chi connectivity index (χ1) is 9.24. The number of rotatable bonds is 3. The molecular formula is C15H16N2OS. The zero-order valence-electron chi connectivity index (χ0n) is 10.8. The number of thiophene rings is 1. The van der Waals surface area contributed by atoms with E-state index in [2.05, 4.69) is 35.5 Å². The largest absolute Gasteiger partial charge is 0.374 e. The predicted molar refractivity (Wildman–Crippen MR) is 78.9 cm³/mol. The van der Waals surface area contributed by atoms with Gasteiger partial charge in [0.1, 0.15) is 0 Å². The normalized spacial score (nSPS) is 13.4. The second-order valence-electron chi connectivity index (χ2n) is 4.79. The number of hydrogen-bond acceptors (Lipinski definition) is 3. The quantitative estimate of drug-likeness (QED) is 0.931. The van der Waals surface area contributed by atoms with E-state index in [-0.39, 0.29) is 5.91 Å². The highest BCUT2D eigenvalue weighted by molar-refractivity contribution is 7.12. The topological polar surface area (TPSA) is 32.3 Å². The van der Waals surface area contributed by atoms with Gasteiger partial charge >= 0.3 is 0 Å². The van der Waals surface area contributed by atoms with Crippen LogP contribution in [0.5, 0.6) is 0 Å². The van der Waals surface area contributed by atoms with Gasteiger partial charge in [-0.05, 0) is 35.1 Å². The molecule has 1 aromatic carbocycles. The molecule has 2 heterocycles. The first-order valence-corrected chi connectivity index (χ1v) is 7.26. The van der Waals surface area contributed by atoms with E-state index in [1.807, 2.05) is 17.5 Å². The summed E-state index contributed by atoms with van der Waals surface area (Å²) in [5, 5.41) is 4.88. The number of amides is 1. The minimum atomic E-state index is 0.00705. The van der Waals surface area contributed by atoms with Crippen LogP contribution in [0.3, 0.4) is 0 Å². The molecule has 1 aliphatic rings. The number of likely N-dealkylation sites (N-methyl/N-ethyl adjacent to an activating group) is 1. The molecule has 3 rings (SSSR count). The molecule has 0 fully saturated rings. The van der Waals surface area contributed by atoms with E-state index >= 15 is 0 Å². The van der Waals surface area contributed by atoms with Crippen LogP contribution in [-0.2, 0) is 13.0 Å². The number of benzene rings is 1. The van der Waals surface area contributed by atoms with Crippen molar-refractivity contribution in [2.75, 3.05) is 18.5 Å². The predicted octanol–water partition coefficient (Wildman–Crippen LogP) is 2.67. The fraction of sp³-hybridized carbons (Fsp3) is 0.267. The summed E-state index contributed by atoms with van der Waals surface area (Å²) < 4.78 is 0. The van der Waals surface area contributed by atoms with Crippen molar-refractivity contribution in [2.24, 2.45) is 0 Å². The Balaban J connectivity index is 1.66. The van der Waals surface area contributed by atoms with Crippen LogP contribution in [0.2, 0.25) is 0 Å². The Hall–Kier alpha value is -1.81. The highest BCUT2D eigenvalue weighted by Gasteiger charge is 2.15. The van der Waals surface area contributed by atoms with Crippen molar-refractivity contribution in [1.82, 2.24) is 5.32 Å². The van der Waals surface area contributed by atoms with Gasteiger partial charge in [-0.3, -0.25) is 4.79 Å². The van der Waals surface area contributed by atoms with E-state index < -0.39 is 0 Å². The van der Waals surface area contributed by atoms with Crippen LogP contribution in [-0.4, -0.2) is 19.5 Å². The second kappa shape index (κ2) is 5.05. The smallest absolute Gasteiger partial charge is 0.261 e. The minimum absolute atomic E-state index is 0.00705.